The Labute approximate surface area is 130 Å². The normalized spacial score (nSPS) is 17.9. The molecule has 21 heavy (non-hydrogen) atoms. The molecule has 3 rings (SSSR count). The lowest BCUT2D eigenvalue weighted by atomic mass is 9.99. The van der Waals surface area contributed by atoms with E-state index in [0.29, 0.717) is 11.7 Å². The summed E-state index contributed by atoms with van der Waals surface area (Å²) in [5, 5.41) is 6.58. The molecule has 0 radical (unpaired) electrons. The molecule has 112 valence electrons. The summed E-state index contributed by atoms with van der Waals surface area (Å²) in [7, 11) is 0. The molecule has 1 aliphatic heterocycles. The van der Waals surface area contributed by atoms with Crippen LogP contribution in [0.5, 0.6) is 0 Å². The van der Waals surface area contributed by atoms with Gasteiger partial charge >= 0.3 is 0 Å². The van der Waals surface area contributed by atoms with Gasteiger partial charge in [-0.15, -0.1) is 12.4 Å². The van der Waals surface area contributed by atoms with E-state index in [0.717, 1.165) is 36.8 Å². The SMILES string of the molecule is Cc1cc(Nc2cnccn2)nc(C2CCCNC2)n1.Cl. The molecule has 2 N–H and O–H groups in total. The molecule has 1 fully saturated rings. The van der Waals surface area contributed by atoms with Crippen LogP contribution in [0.25, 0.3) is 0 Å². The van der Waals surface area contributed by atoms with E-state index in [2.05, 4.69) is 30.6 Å². The molecule has 0 amide bonds. The Morgan fingerprint density at radius 2 is 2.14 bits per heavy atom. The number of aryl methyl sites for hydroxylation is 1. The third-order valence-electron chi connectivity index (χ3n) is 3.35. The van der Waals surface area contributed by atoms with Crippen LogP contribution in [0.3, 0.4) is 0 Å². The summed E-state index contributed by atoms with van der Waals surface area (Å²) < 4.78 is 0. The van der Waals surface area contributed by atoms with Crippen LogP contribution in [0.2, 0.25) is 0 Å². The minimum atomic E-state index is 0. The maximum absolute atomic E-state index is 4.62. The molecule has 6 nitrogen and oxygen atoms in total. The zero-order valence-corrected chi connectivity index (χ0v) is 12.7. The highest BCUT2D eigenvalue weighted by atomic mass is 35.5. The van der Waals surface area contributed by atoms with Crippen molar-refractivity contribution >= 4 is 24.0 Å². The Kier molecular flexibility index (Phi) is 5.41. The molecule has 0 saturated carbocycles. The van der Waals surface area contributed by atoms with Gasteiger partial charge in [-0.3, -0.25) is 4.98 Å². The topological polar surface area (TPSA) is 75.6 Å². The van der Waals surface area contributed by atoms with Crippen molar-refractivity contribution in [2.24, 2.45) is 0 Å². The van der Waals surface area contributed by atoms with E-state index in [-0.39, 0.29) is 12.4 Å². The monoisotopic (exact) mass is 306 g/mol. The summed E-state index contributed by atoms with van der Waals surface area (Å²) in [6.45, 7) is 4.03. The van der Waals surface area contributed by atoms with Crippen molar-refractivity contribution in [1.82, 2.24) is 25.3 Å². The van der Waals surface area contributed by atoms with Crippen LogP contribution in [0.15, 0.2) is 24.7 Å². The van der Waals surface area contributed by atoms with Crippen molar-refractivity contribution in [2.45, 2.75) is 25.7 Å². The Bertz CT molecular complexity index is 571. The molecule has 0 bridgehead atoms. The molecule has 0 aromatic carbocycles. The van der Waals surface area contributed by atoms with Crippen LogP contribution in [0.1, 0.15) is 30.3 Å². The molecule has 1 aliphatic rings. The van der Waals surface area contributed by atoms with Crippen LogP contribution in [0.4, 0.5) is 11.6 Å². The molecule has 2 aromatic rings. The van der Waals surface area contributed by atoms with Gasteiger partial charge in [-0.05, 0) is 26.3 Å². The second-order valence-corrected chi connectivity index (χ2v) is 5.01. The zero-order chi connectivity index (χ0) is 13.8. The third-order valence-corrected chi connectivity index (χ3v) is 3.35. The number of nitrogens with one attached hydrogen (secondary N) is 2. The predicted molar refractivity (Wildman–Crippen MR) is 84.2 cm³/mol. The van der Waals surface area contributed by atoms with Gasteiger partial charge < -0.3 is 10.6 Å². The third kappa shape index (κ3) is 4.09. The minimum absolute atomic E-state index is 0. The Morgan fingerprint density at radius 1 is 1.24 bits per heavy atom. The second-order valence-electron chi connectivity index (χ2n) is 5.01. The maximum atomic E-state index is 4.62. The van der Waals surface area contributed by atoms with Crippen molar-refractivity contribution < 1.29 is 0 Å². The largest absolute Gasteiger partial charge is 0.324 e. The first-order valence-electron chi connectivity index (χ1n) is 6.90. The smallest absolute Gasteiger partial charge is 0.150 e. The van der Waals surface area contributed by atoms with E-state index in [1.807, 2.05) is 13.0 Å². The van der Waals surface area contributed by atoms with Crippen molar-refractivity contribution in [1.29, 1.82) is 0 Å². The molecule has 0 aliphatic carbocycles. The highest BCUT2D eigenvalue weighted by molar-refractivity contribution is 5.85. The Morgan fingerprint density at radius 3 is 2.86 bits per heavy atom. The summed E-state index contributed by atoms with van der Waals surface area (Å²) in [6.07, 6.45) is 7.30. The molecule has 1 atom stereocenters. The number of piperidine rings is 1. The quantitative estimate of drug-likeness (QED) is 0.905. The predicted octanol–water partition coefficient (Wildman–Crippen LogP) is 2.21. The van der Waals surface area contributed by atoms with Gasteiger partial charge in [0.25, 0.3) is 0 Å². The molecule has 0 spiro atoms. The van der Waals surface area contributed by atoms with Gasteiger partial charge in [0.15, 0.2) is 0 Å². The molecule has 1 saturated heterocycles. The maximum Gasteiger partial charge on any atom is 0.150 e. The van der Waals surface area contributed by atoms with Crippen LogP contribution >= 0.6 is 12.4 Å². The van der Waals surface area contributed by atoms with E-state index in [1.54, 1.807) is 18.6 Å². The lowest BCUT2D eigenvalue weighted by Crippen LogP contribution is -2.29. The van der Waals surface area contributed by atoms with E-state index < -0.39 is 0 Å². The van der Waals surface area contributed by atoms with Gasteiger partial charge in [0.2, 0.25) is 0 Å². The van der Waals surface area contributed by atoms with E-state index >= 15 is 0 Å². The average molecular weight is 307 g/mol. The van der Waals surface area contributed by atoms with Crippen LogP contribution < -0.4 is 10.6 Å². The number of aromatic nitrogens is 4. The fourth-order valence-electron chi connectivity index (χ4n) is 2.41. The fraction of sp³-hybridized carbons (Fsp3) is 0.429. The summed E-state index contributed by atoms with van der Waals surface area (Å²) >= 11 is 0. The summed E-state index contributed by atoms with van der Waals surface area (Å²) in [4.78, 5) is 17.4. The van der Waals surface area contributed by atoms with Crippen LogP contribution in [-0.2, 0) is 0 Å². The van der Waals surface area contributed by atoms with Crippen molar-refractivity contribution in [3.63, 3.8) is 0 Å². The Balaban J connectivity index is 0.00000161. The standard InChI is InChI=1S/C14H18N6.ClH/c1-10-7-12(19-13-9-16-5-6-17-13)20-14(18-10)11-3-2-4-15-8-11;/h5-7,9,11,15H,2-4,8H2,1H3,(H,17,18,19,20);1H. The number of hydrogen-bond acceptors (Lipinski definition) is 6. The van der Waals surface area contributed by atoms with Gasteiger partial charge in [-0.1, -0.05) is 0 Å². The van der Waals surface area contributed by atoms with Crippen molar-refractivity contribution in [3.05, 3.63) is 36.2 Å². The highest BCUT2D eigenvalue weighted by Gasteiger charge is 2.18. The Hall–Kier alpha value is -1.79. The first kappa shape index (κ1) is 15.6. The molecule has 7 heteroatoms. The number of nitrogens with zero attached hydrogens (tertiary/aromatic N) is 4. The highest BCUT2D eigenvalue weighted by Crippen LogP contribution is 2.22. The summed E-state index contributed by atoms with van der Waals surface area (Å²) in [6, 6.07) is 1.93. The van der Waals surface area contributed by atoms with Crippen molar-refractivity contribution in [3.8, 4) is 0 Å². The minimum Gasteiger partial charge on any atom is -0.324 e. The van der Waals surface area contributed by atoms with Gasteiger partial charge in [-0.25, -0.2) is 15.0 Å². The molecular weight excluding hydrogens is 288 g/mol. The second kappa shape index (κ2) is 7.28. The number of anilines is 2. The van der Waals surface area contributed by atoms with Crippen LogP contribution in [-0.4, -0.2) is 33.0 Å². The van der Waals surface area contributed by atoms with E-state index in [9.17, 15) is 0 Å². The summed E-state index contributed by atoms with van der Waals surface area (Å²) in [5.74, 6) is 2.77. The number of rotatable bonds is 3. The lowest BCUT2D eigenvalue weighted by Gasteiger charge is -2.22. The molecule has 1 unspecified atom stereocenters. The molecule has 3 heterocycles. The molecule has 2 aromatic heterocycles. The molecular formula is C14H19ClN6. The van der Waals surface area contributed by atoms with Gasteiger partial charge in [0, 0.05) is 36.6 Å². The lowest BCUT2D eigenvalue weighted by molar-refractivity contribution is 0.446. The van der Waals surface area contributed by atoms with E-state index in [1.165, 1.54) is 6.42 Å². The van der Waals surface area contributed by atoms with Crippen molar-refractivity contribution in [2.75, 3.05) is 18.4 Å². The first-order valence-corrected chi connectivity index (χ1v) is 6.90. The van der Waals surface area contributed by atoms with Gasteiger partial charge in [-0.2, -0.15) is 0 Å². The average Bonchev–Trinajstić information content (AvgIpc) is 2.49. The van der Waals surface area contributed by atoms with Gasteiger partial charge in [0.05, 0.1) is 6.20 Å². The first-order chi connectivity index (χ1) is 9.81. The van der Waals surface area contributed by atoms with Gasteiger partial charge in [0.1, 0.15) is 17.5 Å². The summed E-state index contributed by atoms with van der Waals surface area (Å²) in [5.41, 5.74) is 0.965. The zero-order valence-electron chi connectivity index (χ0n) is 11.9. The fourth-order valence-corrected chi connectivity index (χ4v) is 2.41. The van der Waals surface area contributed by atoms with Crippen LogP contribution in [0, 0.1) is 6.92 Å². The van der Waals surface area contributed by atoms with E-state index in [4.69, 9.17) is 0 Å². The number of hydrogen-bond donors (Lipinski definition) is 2. The number of halogens is 1.